The Kier molecular flexibility index (Phi) is 5.21. The van der Waals surface area contributed by atoms with E-state index in [1.54, 1.807) is 0 Å². The van der Waals surface area contributed by atoms with E-state index in [0.29, 0.717) is 0 Å². The lowest BCUT2D eigenvalue weighted by molar-refractivity contribution is 0.221. The number of rotatable bonds is 6. The number of likely N-dealkylation sites (N-methyl/N-ethyl adjacent to an activating group) is 1. The van der Waals surface area contributed by atoms with E-state index in [0.717, 1.165) is 18.7 Å². The molecule has 2 unspecified atom stereocenters. The van der Waals surface area contributed by atoms with Gasteiger partial charge in [-0.1, -0.05) is 6.07 Å². The highest BCUT2D eigenvalue weighted by Crippen LogP contribution is 2.21. The van der Waals surface area contributed by atoms with Crippen LogP contribution in [-0.2, 0) is 6.42 Å². The Morgan fingerprint density at radius 3 is 2.50 bits per heavy atom. The molecule has 2 heterocycles. The van der Waals surface area contributed by atoms with Crippen LogP contribution in [-0.4, -0.2) is 34.5 Å². The number of nitrogens with zero attached hydrogens (tertiary/aromatic N) is 3. The first-order chi connectivity index (χ1) is 9.68. The fourth-order valence-electron chi connectivity index (χ4n) is 2.50. The molecule has 4 nitrogen and oxygen atoms in total. The van der Waals surface area contributed by atoms with E-state index >= 15 is 0 Å². The van der Waals surface area contributed by atoms with E-state index < -0.39 is 0 Å². The van der Waals surface area contributed by atoms with E-state index in [1.807, 2.05) is 49.8 Å². The predicted octanol–water partition coefficient (Wildman–Crippen LogP) is 2.04. The average molecular weight is 270 g/mol. The van der Waals surface area contributed by atoms with E-state index in [-0.39, 0.29) is 12.1 Å². The van der Waals surface area contributed by atoms with Gasteiger partial charge in [0.1, 0.15) is 0 Å². The van der Waals surface area contributed by atoms with Crippen LogP contribution >= 0.6 is 0 Å². The largest absolute Gasteiger partial charge is 0.326 e. The second-order valence-electron chi connectivity index (χ2n) is 5.14. The Morgan fingerprint density at radius 1 is 1.15 bits per heavy atom. The molecule has 2 atom stereocenters. The van der Waals surface area contributed by atoms with Crippen LogP contribution in [0.25, 0.3) is 0 Å². The van der Waals surface area contributed by atoms with Crippen molar-refractivity contribution in [1.29, 1.82) is 0 Å². The molecule has 0 bridgehead atoms. The molecule has 2 rings (SSSR count). The zero-order chi connectivity index (χ0) is 14.4. The molecule has 106 valence electrons. The molecule has 0 fully saturated rings. The number of hydrogen-bond acceptors (Lipinski definition) is 4. The lowest BCUT2D eigenvalue weighted by atomic mass is 10.0. The van der Waals surface area contributed by atoms with Crippen LogP contribution in [0.4, 0.5) is 0 Å². The highest BCUT2D eigenvalue weighted by molar-refractivity contribution is 5.17. The molecule has 0 radical (unpaired) electrons. The van der Waals surface area contributed by atoms with Crippen molar-refractivity contribution in [1.82, 2.24) is 14.9 Å². The number of pyridine rings is 2. The molecule has 0 aromatic carbocycles. The maximum Gasteiger partial charge on any atom is 0.0494 e. The van der Waals surface area contributed by atoms with Crippen LogP contribution < -0.4 is 5.73 Å². The summed E-state index contributed by atoms with van der Waals surface area (Å²) in [5.74, 6) is 0. The van der Waals surface area contributed by atoms with E-state index in [1.165, 1.54) is 5.56 Å². The van der Waals surface area contributed by atoms with Crippen LogP contribution in [0, 0.1) is 0 Å². The smallest absolute Gasteiger partial charge is 0.0494 e. The molecule has 2 N–H and O–H groups in total. The molecule has 0 aliphatic rings. The first-order valence-corrected chi connectivity index (χ1v) is 6.94. The second kappa shape index (κ2) is 7.12. The minimum absolute atomic E-state index is 0.0612. The molecule has 0 saturated carbocycles. The summed E-state index contributed by atoms with van der Waals surface area (Å²) in [4.78, 5) is 10.7. The molecule has 0 amide bonds. The third-order valence-electron chi connectivity index (χ3n) is 3.47. The van der Waals surface area contributed by atoms with Gasteiger partial charge in [-0.15, -0.1) is 0 Å². The Hall–Kier alpha value is -1.78. The van der Waals surface area contributed by atoms with Crippen molar-refractivity contribution in [3.05, 3.63) is 60.2 Å². The lowest BCUT2D eigenvalue weighted by Gasteiger charge is -2.31. The zero-order valence-corrected chi connectivity index (χ0v) is 12.1. The van der Waals surface area contributed by atoms with Gasteiger partial charge in [0.05, 0.1) is 0 Å². The fourth-order valence-corrected chi connectivity index (χ4v) is 2.50. The molecule has 0 saturated heterocycles. The monoisotopic (exact) mass is 270 g/mol. The Bertz CT molecular complexity index is 498. The number of hydrogen-bond donors (Lipinski definition) is 1. The van der Waals surface area contributed by atoms with Crippen molar-refractivity contribution in [3.8, 4) is 0 Å². The van der Waals surface area contributed by atoms with Crippen LogP contribution in [0.15, 0.2) is 48.9 Å². The highest BCUT2D eigenvalue weighted by Gasteiger charge is 2.20. The second-order valence-corrected chi connectivity index (χ2v) is 5.14. The molecular formula is C16H22N4. The van der Waals surface area contributed by atoms with Gasteiger partial charge in [0.15, 0.2) is 0 Å². The summed E-state index contributed by atoms with van der Waals surface area (Å²) in [5, 5.41) is 0. The topological polar surface area (TPSA) is 55.0 Å². The molecule has 0 aliphatic carbocycles. The molecule has 20 heavy (non-hydrogen) atoms. The molecule has 0 aliphatic heterocycles. The van der Waals surface area contributed by atoms with Gasteiger partial charge >= 0.3 is 0 Å². The highest BCUT2D eigenvalue weighted by atomic mass is 15.1. The van der Waals surface area contributed by atoms with Gasteiger partial charge in [-0.3, -0.25) is 14.9 Å². The fraction of sp³-hybridized carbons (Fsp3) is 0.375. The first-order valence-electron chi connectivity index (χ1n) is 6.94. The van der Waals surface area contributed by atoms with E-state index in [2.05, 4.69) is 28.0 Å². The molecule has 2 aromatic rings. The van der Waals surface area contributed by atoms with Crippen molar-refractivity contribution in [2.45, 2.75) is 25.4 Å². The quantitative estimate of drug-likeness (QED) is 0.872. The van der Waals surface area contributed by atoms with Crippen molar-refractivity contribution in [2.75, 3.05) is 13.6 Å². The third-order valence-corrected chi connectivity index (χ3v) is 3.47. The number of aromatic nitrogens is 2. The van der Waals surface area contributed by atoms with E-state index in [9.17, 15) is 0 Å². The van der Waals surface area contributed by atoms with Crippen LogP contribution in [0.1, 0.15) is 24.2 Å². The van der Waals surface area contributed by atoms with Crippen molar-refractivity contribution >= 4 is 0 Å². The first kappa shape index (κ1) is 14.6. The molecule has 0 spiro atoms. The summed E-state index contributed by atoms with van der Waals surface area (Å²) in [6.07, 6.45) is 6.39. The summed E-state index contributed by atoms with van der Waals surface area (Å²) in [5.41, 5.74) is 8.48. The van der Waals surface area contributed by atoms with Crippen LogP contribution in [0.3, 0.4) is 0 Å². The van der Waals surface area contributed by atoms with Gasteiger partial charge in [-0.2, -0.15) is 0 Å². The van der Waals surface area contributed by atoms with Crippen molar-refractivity contribution in [2.24, 2.45) is 5.73 Å². The van der Waals surface area contributed by atoms with Crippen LogP contribution in [0.5, 0.6) is 0 Å². The Balaban J connectivity index is 2.03. The van der Waals surface area contributed by atoms with Gasteiger partial charge in [0, 0.05) is 49.3 Å². The normalized spacial score (nSPS) is 14.2. The molecule has 4 heteroatoms. The maximum atomic E-state index is 6.16. The maximum absolute atomic E-state index is 6.16. The van der Waals surface area contributed by atoms with Gasteiger partial charge < -0.3 is 5.73 Å². The van der Waals surface area contributed by atoms with Crippen LogP contribution in [0.2, 0.25) is 0 Å². The predicted molar refractivity (Wildman–Crippen MR) is 81.2 cm³/mol. The van der Waals surface area contributed by atoms with Gasteiger partial charge in [-0.25, -0.2) is 0 Å². The minimum atomic E-state index is 0.0612. The minimum Gasteiger partial charge on any atom is -0.326 e. The summed E-state index contributed by atoms with van der Waals surface area (Å²) in [6, 6.07) is 10.3. The third kappa shape index (κ3) is 3.85. The Morgan fingerprint density at radius 2 is 1.90 bits per heavy atom. The summed E-state index contributed by atoms with van der Waals surface area (Å²) in [7, 11) is 2.11. The van der Waals surface area contributed by atoms with E-state index in [4.69, 9.17) is 5.73 Å². The molecule has 2 aromatic heterocycles. The van der Waals surface area contributed by atoms with Gasteiger partial charge in [-0.05, 0) is 43.8 Å². The number of nitrogens with two attached hydrogens (primary N) is 1. The lowest BCUT2D eigenvalue weighted by Crippen LogP contribution is -2.38. The Labute approximate surface area is 120 Å². The standard InChI is InChI=1S/C16H22N4/c1-13(17)16(14-6-10-18-11-7-14)20(2)12-8-15-5-3-4-9-19-15/h3-7,9-11,13,16H,8,12,17H2,1-2H3. The summed E-state index contributed by atoms with van der Waals surface area (Å²) in [6.45, 7) is 2.97. The zero-order valence-electron chi connectivity index (χ0n) is 12.1. The average Bonchev–Trinajstić information content (AvgIpc) is 2.47. The van der Waals surface area contributed by atoms with Crippen molar-refractivity contribution < 1.29 is 0 Å². The van der Waals surface area contributed by atoms with Gasteiger partial charge in [0.25, 0.3) is 0 Å². The summed E-state index contributed by atoms with van der Waals surface area (Å²) >= 11 is 0. The van der Waals surface area contributed by atoms with Gasteiger partial charge in [0.2, 0.25) is 0 Å². The van der Waals surface area contributed by atoms with Crippen molar-refractivity contribution in [3.63, 3.8) is 0 Å². The SMILES string of the molecule is CC(N)C(c1ccncc1)N(C)CCc1ccccn1. The summed E-state index contributed by atoms with van der Waals surface area (Å²) < 4.78 is 0. The molecular weight excluding hydrogens is 248 g/mol.